The van der Waals surface area contributed by atoms with Crippen molar-refractivity contribution in [2.45, 2.75) is 19.3 Å². The summed E-state index contributed by atoms with van der Waals surface area (Å²) >= 11 is 0. The van der Waals surface area contributed by atoms with Gasteiger partial charge in [-0.05, 0) is 86.3 Å². The molecule has 12 aromatic rings. The highest BCUT2D eigenvalue weighted by molar-refractivity contribution is 6.23. The quantitative estimate of drug-likeness (QED) is 0.178. The second-order valence-electron chi connectivity index (χ2n) is 16.8. The average molecular weight is 781 g/mol. The summed E-state index contributed by atoms with van der Waals surface area (Å²) in [5, 5.41) is 9.24. The number of fused-ring (bicyclic) bond motifs is 12. The van der Waals surface area contributed by atoms with Gasteiger partial charge in [0.1, 0.15) is 11.2 Å². The molecular weight excluding hydrogens is 745 g/mol. The Kier molecular flexibility index (Phi) is 7.00. The minimum Gasteiger partial charge on any atom is -0.455 e. The van der Waals surface area contributed by atoms with Crippen LogP contribution in [-0.2, 0) is 5.41 Å². The third-order valence-corrected chi connectivity index (χ3v) is 13.0. The summed E-state index contributed by atoms with van der Waals surface area (Å²) < 4.78 is 9.33. The summed E-state index contributed by atoms with van der Waals surface area (Å²) in [6.07, 6.45) is 0. The first-order valence-electron chi connectivity index (χ1n) is 20.9. The summed E-state index contributed by atoms with van der Waals surface area (Å²) in [5.41, 5.74) is 12.5. The highest BCUT2D eigenvalue weighted by atomic mass is 16.3. The average Bonchev–Trinajstić information content (AvgIpc) is 3.94. The van der Waals surface area contributed by atoms with Crippen LogP contribution in [0.1, 0.15) is 25.0 Å². The van der Waals surface area contributed by atoms with Gasteiger partial charge in [-0.25, -0.2) is 15.0 Å². The molecule has 286 valence electrons. The van der Waals surface area contributed by atoms with Crippen LogP contribution in [0.25, 0.3) is 116 Å². The van der Waals surface area contributed by atoms with Crippen molar-refractivity contribution in [2.24, 2.45) is 0 Å². The van der Waals surface area contributed by atoms with Crippen LogP contribution in [0.3, 0.4) is 0 Å². The molecule has 0 fully saturated rings. The predicted octanol–water partition coefficient (Wildman–Crippen LogP) is 14.5. The van der Waals surface area contributed by atoms with Crippen LogP contribution in [0.4, 0.5) is 0 Å². The van der Waals surface area contributed by atoms with Gasteiger partial charge >= 0.3 is 0 Å². The van der Waals surface area contributed by atoms with Crippen molar-refractivity contribution in [1.29, 1.82) is 0 Å². The normalized spacial score (nSPS) is 13.2. The topological polar surface area (TPSA) is 56.7 Å². The molecule has 1 aliphatic rings. The first-order chi connectivity index (χ1) is 30.0. The highest BCUT2D eigenvalue weighted by Crippen LogP contribution is 2.50. The molecule has 0 atom stereocenters. The van der Waals surface area contributed by atoms with Crippen molar-refractivity contribution >= 4 is 65.3 Å². The molecule has 0 N–H and O–H groups in total. The number of aromatic nitrogens is 4. The Morgan fingerprint density at radius 3 is 1.92 bits per heavy atom. The molecule has 5 nitrogen and oxygen atoms in total. The summed E-state index contributed by atoms with van der Waals surface area (Å²) in [4.78, 5) is 15.9. The van der Waals surface area contributed by atoms with Gasteiger partial charge < -0.3 is 8.98 Å². The third kappa shape index (κ3) is 4.92. The summed E-state index contributed by atoms with van der Waals surface area (Å²) in [5.74, 6) is 1.78. The van der Waals surface area contributed by atoms with E-state index in [0.29, 0.717) is 17.5 Å². The Morgan fingerprint density at radius 2 is 1.05 bits per heavy atom. The Hall–Kier alpha value is -7.89. The van der Waals surface area contributed by atoms with Crippen molar-refractivity contribution in [3.8, 4) is 51.0 Å². The maximum atomic E-state index is 6.93. The van der Waals surface area contributed by atoms with Gasteiger partial charge in [0.05, 0.1) is 27.7 Å². The molecule has 0 unspecified atom stereocenters. The Bertz CT molecular complexity index is 3810. The molecule has 0 radical (unpaired) electrons. The minimum absolute atomic E-state index is 0.172. The molecule has 0 amide bonds. The van der Waals surface area contributed by atoms with Gasteiger partial charge in [0.25, 0.3) is 0 Å². The van der Waals surface area contributed by atoms with Crippen molar-refractivity contribution in [2.75, 3.05) is 0 Å². The summed E-state index contributed by atoms with van der Waals surface area (Å²) in [6, 6.07) is 64.7. The van der Waals surface area contributed by atoms with E-state index in [0.717, 1.165) is 60.7 Å². The minimum atomic E-state index is -0.172. The molecule has 3 heterocycles. The number of hydrogen-bond acceptors (Lipinski definition) is 4. The van der Waals surface area contributed by atoms with Gasteiger partial charge in [-0.3, -0.25) is 0 Å². The van der Waals surface area contributed by atoms with Gasteiger partial charge in [-0.15, -0.1) is 0 Å². The lowest BCUT2D eigenvalue weighted by atomic mass is 9.82. The monoisotopic (exact) mass is 780 g/mol. The largest absolute Gasteiger partial charge is 0.455 e. The molecule has 61 heavy (non-hydrogen) atoms. The fourth-order valence-electron chi connectivity index (χ4n) is 10.1. The predicted molar refractivity (Wildman–Crippen MR) is 250 cm³/mol. The zero-order chi connectivity index (χ0) is 40.4. The van der Waals surface area contributed by atoms with E-state index in [-0.39, 0.29) is 5.41 Å². The third-order valence-electron chi connectivity index (χ3n) is 13.0. The van der Waals surface area contributed by atoms with Crippen LogP contribution >= 0.6 is 0 Å². The zero-order valence-electron chi connectivity index (χ0n) is 33.5. The molecule has 1 aliphatic carbocycles. The van der Waals surface area contributed by atoms with Crippen LogP contribution in [0.2, 0.25) is 0 Å². The van der Waals surface area contributed by atoms with Crippen molar-refractivity contribution < 1.29 is 4.42 Å². The Labute approximate surface area is 351 Å². The fraction of sp³-hybridized carbons (Fsp3) is 0.0536. The van der Waals surface area contributed by atoms with E-state index in [9.17, 15) is 0 Å². The second kappa shape index (κ2) is 12.6. The first-order valence-corrected chi connectivity index (χ1v) is 20.9. The lowest BCUT2D eigenvalue weighted by molar-refractivity contribution is 0.660. The first kappa shape index (κ1) is 34.0. The molecule has 3 aromatic heterocycles. The number of benzene rings is 9. The number of para-hydroxylation sites is 2. The van der Waals surface area contributed by atoms with E-state index in [1.165, 1.54) is 49.2 Å². The molecule has 0 spiro atoms. The molecule has 0 saturated heterocycles. The van der Waals surface area contributed by atoms with Crippen molar-refractivity contribution in [3.63, 3.8) is 0 Å². The van der Waals surface area contributed by atoms with Gasteiger partial charge in [0.2, 0.25) is 0 Å². The highest BCUT2D eigenvalue weighted by Gasteiger charge is 2.35. The molecule has 13 rings (SSSR count). The lowest BCUT2D eigenvalue weighted by Gasteiger charge is -2.21. The SMILES string of the molecule is CC1(C)c2ccccc2-c2ccc(-c3nc(-c4ccc5ccccc5c4)nc(-c4ccc(-n5c6ccccc6c6c7ccccc7ccc65)c5c4oc4ccccc45)n3)cc21. The maximum Gasteiger partial charge on any atom is 0.167 e. The molecule has 0 bridgehead atoms. The van der Waals surface area contributed by atoms with E-state index >= 15 is 0 Å². The van der Waals surface area contributed by atoms with Gasteiger partial charge in [0.15, 0.2) is 17.5 Å². The Balaban J connectivity index is 1.08. The lowest BCUT2D eigenvalue weighted by Crippen LogP contribution is -2.15. The van der Waals surface area contributed by atoms with E-state index < -0.39 is 0 Å². The summed E-state index contributed by atoms with van der Waals surface area (Å²) in [6.45, 7) is 4.61. The zero-order valence-corrected chi connectivity index (χ0v) is 33.5. The van der Waals surface area contributed by atoms with E-state index in [2.05, 4.69) is 188 Å². The number of hydrogen-bond donors (Lipinski definition) is 0. The molecular formula is C56H36N4O. The molecule has 9 aromatic carbocycles. The number of rotatable bonds is 4. The van der Waals surface area contributed by atoms with E-state index in [4.69, 9.17) is 19.4 Å². The van der Waals surface area contributed by atoms with E-state index in [1.807, 2.05) is 12.1 Å². The maximum absolute atomic E-state index is 6.93. The number of nitrogens with zero attached hydrogens (tertiary/aromatic N) is 4. The number of furan rings is 1. The standard InChI is InChI=1S/C56H36N4O/c1-56(2)44-20-10-7-17-39(44)40-27-25-37(32-45(40)56)54-57-53(36-24-23-33-13-3-4-15-35(33)31-36)58-55(59-54)43-28-30-48(51-42-19-9-12-22-49(42)61-52(43)51)60-46-21-11-8-18-41(46)50-38-16-6-5-14-34(38)26-29-47(50)60/h3-32H,1-2H3. The van der Waals surface area contributed by atoms with Crippen LogP contribution in [-0.4, -0.2) is 19.5 Å². The van der Waals surface area contributed by atoms with Gasteiger partial charge in [0, 0.05) is 32.7 Å². The van der Waals surface area contributed by atoms with Crippen LogP contribution in [0.5, 0.6) is 0 Å². The van der Waals surface area contributed by atoms with Gasteiger partial charge in [-0.2, -0.15) is 0 Å². The fourth-order valence-corrected chi connectivity index (χ4v) is 10.1. The van der Waals surface area contributed by atoms with Gasteiger partial charge in [-0.1, -0.05) is 153 Å². The smallest absolute Gasteiger partial charge is 0.167 e. The Morgan fingerprint density at radius 1 is 0.426 bits per heavy atom. The second-order valence-corrected chi connectivity index (χ2v) is 16.8. The molecule has 0 aliphatic heterocycles. The summed E-state index contributed by atoms with van der Waals surface area (Å²) in [7, 11) is 0. The van der Waals surface area contributed by atoms with Crippen molar-refractivity contribution in [3.05, 3.63) is 193 Å². The van der Waals surface area contributed by atoms with Crippen molar-refractivity contribution in [1.82, 2.24) is 19.5 Å². The van der Waals surface area contributed by atoms with E-state index in [1.54, 1.807) is 0 Å². The van der Waals surface area contributed by atoms with Crippen LogP contribution in [0, 0.1) is 0 Å². The van der Waals surface area contributed by atoms with Crippen LogP contribution < -0.4 is 0 Å². The van der Waals surface area contributed by atoms with Crippen LogP contribution in [0.15, 0.2) is 186 Å². The molecule has 5 heteroatoms. The molecule has 0 saturated carbocycles.